The van der Waals surface area contributed by atoms with Gasteiger partial charge in [0.2, 0.25) is 0 Å². The van der Waals surface area contributed by atoms with Gasteiger partial charge in [0.1, 0.15) is 0 Å². The van der Waals surface area contributed by atoms with E-state index in [1.54, 1.807) is 0 Å². The molecule has 1 heterocycles. The van der Waals surface area contributed by atoms with Gasteiger partial charge in [-0.2, -0.15) is 0 Å². The van der Waals surface area contributed by atoms with Crippen LogP contribution >= 0.6 is 0 Å². The molecule has 2 nitrogen and oxygen atoms in total. The summed E-state index contributed by atoms with van der Waals surface area (Å²) in [5.74, 6) is 1.32. The van der Waals surface area contributed by atoms with Gasteiger partial charge in [0.05, 0.1) is 6.10 Å². The van der Waals surface area contributed by atoms with Gasteiger partial charge in [-0.05, 0) is 50.6 Å². The van der Waals surface area contributed by atoms with Gasteiger partial charge in [0.15, 0.2) is 0 Å². The van der Waals surface area contributed by atoms with Crippen molar-refractivity contribution in [2.75, 3.05) is 13.1 Å². The van der Waals surface area contributed by atoms with Crippen molar-refractivity contribution in [2.24, 2.45) is 11.8 Å². The standard InChI is InChI=1S/C13H25NO/c15-13-8-3-1-2-7-12(13)11-6-4-5-9-14-10-11/h11-15H,1-10H2. The topological polar surface area (TPSA) is 32.3 Å². The summed E-state index contributed by atoms with van der Waals surface area (Å²) in [6.07, 6.45) is 10.2. The highest BCUT2D eigenvalue weighted by atomic mass is 16.3. The lowest BCUT2D eigenvalue weighted by Crippen LogP contribution is -2.33. The van der Waals surface area contributed by atoms with Crippen LogP contribution < -0.4 is 5.32 Å². The van der Waals surface area contributed by atoms with E-state index >= 15 is 0 Å². The molecule has 1 aliphatic heterocycles. The molecule has 2 N–H and O–H groups in total. The zero-order valence-electron chi connectivity index (χ0n) is 9.75. The second kappa shape index (κ2) is 5.86. The predicted octanol–water partition coefficient (Wildman–Crippen LogP) is 2.32. The molecule has 1 saturated heterocycles. The molecule has 2 heteroatoms. The summed E-state index contributed by atoms with van der Waals surface area (Å²) < 4.78 is 0. The van der Waals surface area contributed by atoms with E-state index in [4.69, 9.17) is 0 Å². The zero-order chi connectivity index (χ0) is 10.5. The van der Waals surface area contributed by atoms with E-state index in [1.165, 1.54) is 51.5 Å². The van der Waals surface area contributed by atoms with E-state index in [1.807, 2.05) is 0 Å². The van der Waals surface area contributed by atoms with E-state index in [0.717, 1.165) is 18.9 Å². The molecular weight excluding hydrogens is 186 g/mol. The Morgan fingerprint density at radius 2 is 1.67 bits per heavy atom. The summed E-state index contributed by atoms with van der Waals surface area (Å²) in [7, 11) is 0. The van der Waals surface area contributed by atoms with Crippen LogP contribution in [0.25, 0.3) is 0 Å². The van der Waals surface area contributed by atoms with Gasteiger partial charge in [-0.3, -0.25) is 0 Å². The minimum absolute atomic E-state index is 0.0163. The fraction of sp³-hybridized carbons (Fsp3) is 1.00. The van der Waals surface area contributed by atoms with Crippen LogP contribution in [-0.4, -0.2) is 24.3 Å². The third-order valence-corrected chi connectivity index (χ3v) is 4.22. The minimum Gasteiger partial charge on any atom is -0.393 e. The second-order valence-corrected chi connectivity index (χ2v) is 5.33. The Kier molecular flexibility index (Phi) is 4.45. The number of hydrogen-bond acceptors (Lipinski definition) is 2. The van der Waals surface area contributed by atoms with Crippen LogP contribution in [0.1, 0.15) is 51.4 Å². The first-order valence-electron chi connectivity index (χ1n) is 6.76. The molecule has 2 aliphatic rings. The van der Waals surface area contributed by atoms with Gasteiger partial charge in [0, 0.05) is 0 Å². The molecule has 2 fully saturated rings. The average Bonchev–Trinajstić information content (AvgIpc) is 2.59. The van der Waals surface area contributed by atoms with Crippen molar-refractivity contribution in [3.05, 3.63) is 0 Å². The maximum Gasteiger partial charge on any atom is 0.0571 e. The second-order valence-electron chi connectivity index (χ2n) is 5.33. The monoisotopic (exact) mass is 211 g/mol. The van der Waals surface area contributed by atoms with E-state index < -0.39 is 0 Å². The molecule has 0 aromatic carbocycles. The summed E-state index contributed by atoms with van der Waals surface area (Å²) in [5, 5.41) is 13.7. The Labute approximate surface area is 93.5 Å². The van der Waals surface area contributed by atoms with Crippen LogP contribution in [0, 0.1) is 11.8 Å². The molecular formula is C13H25NO. The van der Waals surface area contributed by atoms with E-state index in [0.29, 0.717) is 5.92 Å². The lowest BCUT2D eigenvalue weighted by molar-refractivity contribution is 0.0640. The van der Waals surface area contributed by atoms with Crippen molar-refractivity contribution in [1.29, 1.82) is 0 Å². The number of rotatable bonds is 1. The van der Waals surface area contributed by atoms with Crippen LogP contribution in [-0.2, 0) is 0 Å². The van der Waals surface area contributed by atoms with Crippen LogP contribution in [0.4, 0.5) is 0 Å². The fourth-order valence-electron chi connectivity index (χ4n) is 3.28. The van der Waals surface area contributed by atoms with Gasteiger partial charge in [-0.25, -0.2) is 0 Å². The first kappa shape index (κ1) is 11.4. The number of aliphatic hydroxyl groups is 1. The SMILES string of the molecule is OC1CCCCCC1C1CCCCNC1. The van der Waals surface area contributed by atoms with E-state index in [-0.39, 0.29) is 6.10 Å². The van der Waals surface area contributed by atoms with Gasteiger partial charge >= 0.3 is 0 Å². The summed E-state index contributed by atoms with van der Waals surface area (Å²) in [5.41, 5.74) is 0. The quantitative estimate of drug-likeness (QED) is 0.652. The minimum atomic E-state index is -0.0163. The molecule has 1 saturated carbocycles. The van der Waals surface area contributed by atoms with E-state index in [2.05, 4.69) is 5.32 Å². The first-order chi connectivity index (χ1) is 7.38. The van der Waals surface area contributed by atoms with Crippen molar-refractivity contribution in [1.82, 2.24) is 5.32 Å². The van der Waals surface area contributed by atoms with Gasteiger partial charge in [-0.15, -0.1) is 0 Å². The third kappa shape index (κ3) is 3.18. The van der Waals surface area contributed by atoms with Crippen LogP contribution in [0.15, 0.2) is 0 Å². The van der Waals surface area contributed by atoms with Crippen molar-refractivity contribution >= 4 is 0 Å². The van der Waals surface area contributed by atoms with Crippen molar-refractivity contribution in [3.63, 3.8) is 0 Å². The molecule has 88 valence electrons. The summed E-state index contributed by atoms with van der Waals surface area (Å²) in [6.45, 7) is 2.32. The molecule has 15 heavy (non-hydrogen) atoms. The highest BCUT2D eigenvalue weighted by Crippen LogP contribution is 2.32. The number of nitrogens with one attached hydrogen (secondary N) is 1. The van der Waals surface area contributed by atoms with Crippen molar-refractivity contribution in [2.45, 2.75) is 57.5 Å². The number of aliphatic hydroxyl groups excluding tert-OH is 1. The molecule has 0 aromatic rings. The first-order valence-corrected chi connectivity index (χ1v) is 6.76. The molecule has 2 rings (SSSR count). The fourth-order valence-corrected chi connectivity index (χ4v) is 3.28. The van der Waals surface area contributed by atoms with Gasteiger partial charge in [-0.1, -0.05) is 25.7 Å². The van der Waals surface area contributed by atoms with Crippen molar-refractivity contribution < 1.29 is 5.11 Å². The largest absolute Gasteiger partial charge is 0.393 e. The van der Waals surface area contributed by atoms with Crippen LogP contribution in [0.2, 0.25) is 0 Å². The smallest absolute Gasteiger partial charge is 0.0571 e. The molecule has 0 bridgehead atoms. The molecule has 0 spiro atoms. The molecule has 3 atom stereocenters. The van der Waals surface area contributed by atoms with Crippen LogP contribution in [0.3, 0.4) is 0 Å². The molecule has 0 aromatic heterocycles. The van der Waals surface area contributed by atoms with Crippen LogP contribution in [0.5, 0.6) is 0 Å². The molecule has 0 amide bonds. The Morgan fingerprint density at radius 3 is 2.60 bits per heavy atom. The molecule has 1 aliphatic carbocycles. The summed E-state index contributed by atoms with van der Waals surface area (Å²) >= 11 is 0. The third-order valence-electron chi connectivity index (χ3n) is 4.22. The maximum atomic E-state index is 10.2. The van der Waals surface area contributed by atoms with Crippen molar-refractivity contribution in [3.8, 4) is 0 Å². The lowest BCUT2D eigenvalue weighted by Gasteiger charge is -2.28. The molecule has 3 unspecified atom stereocenters. The Balaban J connectivity index is 1.92. The van der Waals surface area contributed by atoms with E-state index in [9.17, 15) is 5.11 Å². The Morgan fingerprint density at radius 1 is 0.867 bits per heavy atom. The Bertz CT molecular complexity index is 175. The Hall–Kier alpha value is -0.0800. The van der Waals surface area contributed by atoms with Gasteiger partial charge in [0.25, 0.3) is 0 Å². The lowest BCUT2D eigenvalue weighted by atomic mass is 9.81. The number of hydrogen-bond donors (Lipinski definition) is 2. The normalized spacial score (nSPS) is 39.4. The highest BCUT2D eigenvalue weighted by Gasteiger charge is 2.29. The summed E-state index contributed by atoms with van der Waals surface area (Å²) in [6, 6.07) is 0. The molecule has 0 radical (unpaired) electrons. The van der Waals surface area contributed by atoms with Gasteiger partial charge < -0.3 is 10.4 Å². The maximum absolute atomic E-state index is 10.2. The summed E-state index contributed by atoms with van der Waals surface area (Å²) in [4.78, 5) is 0. The average molecular weight is 211 g/mol. The highest BCUT2D eigenvalue weighted by molar-refractivity contribution is 4.82. The zero-order valence-corrected chi connectivity index (χ0v) is 9.75. The predicted molar refractivity (Wildman–Crippen MR) is 62.8 cm³/mol.